The Morgan fingerprint density at radius 1 is 1.20 bits per heavy atom. The maximum Gasteiger partial charge on any atom is 0.165 e. The first-order chi connectivity index (χ1) is 11.8. The molecule has 1 aromatic carbocycles. The fourth-order valence-electron chi connectivity index (χ4n) is 2.64. The molecule has 2 heterocycles. The van der Waals surface area contributed by atoms with E-state index in [1.165, 1.54) is 0 Å². The lowest BCUT2D eigenvalue weighted by atomic mass is 9.92. The second-order valence-electron chi connectivity index (χ2n) is 7.53. The van der Waals surface area contributed by atoms with Crippen molar-refractivity contribution >= 4 is 23.1 Å². The molecular weight excluding hydrogens is 332 g/mol. The molecule has 2 aromatic heterocycles. The quantitative estimate of drug-likeness (QED) is 0.665. The Hall–Kier alpha value is -2.07. The Kier molecular flexibility index (Phi) is 4.74. The van der Waals surface area contributed by atoms with E-state index < -0.39 is 0 Å². The van der Waals surface area contributed by atoms with Gasteiger partial charge in [-0.05, 0) is 31.0 Å². The van der Waals surface area contributed by atoms with E-state index in [1.807, 2.05) is 35.0 Å². The van der Waals surface area contributed by atoms with Crippen molar-refractivity contribution in [1.29, 1.82) is 0 Å². The van der Waals surface area contributed by atoms with Crippen molar-refractivity contribution in [3.05, 3.63) is 47.2 Å². The Balaban J connectivity index is 2.21. The Labute approximate surface area is 154 Å². The molecule has 132 valence electrons. The molecule has 4 nitrogen and oxygen atoms in total. The molecule has 0 aliphatic rings. The highest BCUT2D eigenvalue weighted by molar-refractivity contribution is 6.30. The summed E-state index contributed by atoms with van der Waals surface area (Å²) in [4.78, 5) is 4.93. The monoisotopic (exact) mass is 356 g/mol. The number of fused-ring (bicyclic) bond motifs is 1. The summed E-state index contributed by atoms with van der Waals surface area (Å²) >= 11 is 6.03. The first-order valence-corrected chi connectivity index (χ1v) is 9.09. The highest BCUT2D eigenvalue weighted by Crippen LogP contribution is 2.30. The second kappa shape index (κ2) is 6.68. The van der Waals surface area contributed by atoms with E-state index >= 15 is 0 Å². The third-order valence-corrected chi connectivity index (χ3v) is 4.65. The van der Waals surface area contributed by atoms with Gasteiger partial charge in [-0.15, -0.1) is 0 Å². The number of nitrogens with zero attached hydrogens (tertiary/aromatic N) is 3. The minimum atomic E-state index is -0.0465. The molecule has 3 rings (SSSR count). The van der Waals surface area contributed by atoms with E-state index in [-0.39, 0.29) is 5.41 Å². The Morgan fingerprint density at radius 3 is 2.48 bits per heavy atom. The van der Waals surface area contributed by atoms with Crippen molar-refractivity contribution in [3.63, 3.8) is 0 Å². The molecule has 3 aromatic rings. The van der Waals surface area contributed by atoms with Gasteiger partial charge in [0.25, 0.3) is 0 Å². The van der Waals surface area contributed by atoms with Gasteiger partial charge in [0.15, 0.2) is 5.65 Å². The lowest BCUT2D eigenvalue weighted by Crippen LogP contribution is -2.20. The van der Waals surface area contributed by atoms with Gasteiger partial charge >= 0.3 is 0 Å². The smallest absolute Gasteiger partial charge is 0.165 e. The van der Waals surface area contributed by atoms with Crippen molar-refractivity contribution in [1.82, 2.24) is 14.6 Å². The van der Waals surface area contributed by atoms with Crippen molar-refractivity contribution in [2.75, 3.05) is 5.32 Å². The van der Waals surface area contributed by atoms with Crippen LogP contribution >= 0.6 is 11.6 Å². The normalized spacial score (nSPS) is 13.2. The molecule has 0 radical (unpaired) electrons. The summed E-state index contributed by atoms with van der Waals surface area (Å²) < 4.78 is 1.89. The lowest BCUT2D eigenvalue weighted by Gasteiger charge is -2.21. The van der Waals surface area contributed by atoms with E-state index in [2.05, 4.69) is 51.1 Å². The van der Waals surface area contributed by atoms with Crippen LogP contribution in [0.25, 0.3) is 16.8 Å². The minimum Gasteiger partial charge on any atom is -0.367 e. The van der Waals surface area contributed by atoms with Gasteiger partial charge in [-0.25, -0.2) is 4.98 Å². The first kappa shape index (κ1) is 17.7. The molecule has 0 bridgehead atoms. The molecule has 0 aliphatic carbocycles. The maximum absolute atomic E-state index is 6.03. The zero-order valence-electron chi connectivity index (χ0n) is 15.5. The lowest BCUT2D eigenvalue weighted by molar-refractivity contribution is 0.568. The summed E-state index contributed by atoms with van der Waals surface area (Å²) in [5, 5.41) is 8.87. The van der Waals surface area contributed by atoms with Crippen LogP contribution in [0.2, 0.25) is 5.02 Å². The molecule has 0 amide bonds. The summed E-state index contributed by atoms with van der Waals surface area (Å²) in [6.45, 7) is 10.9. The SMILES string of the molecule is CC[C@@H](C)Nc1cc(C(C)(C)C)nc2c(-c3ccc(Cl)cc3)cnn12. The fraction of sp³-hybridized carbons (Fsp3) is 0.400. The number of benzene rings is 1. The van der Waals surface area contributed by atoms with Gasteiger partial charge in [0.2, 0.25) is 0 Å². The predicted molar refractivity (Wildman–Crippen MR) is 106 cm³/mol. The standard InChI is InChI=1S/C20H25ClN4/c1-6-13(2)23-18-11-17(20(3,4)5)24-19-16(12-22-25(18)19)14-7-9-15(21)10-8-14/h7-13,23H,6H2,1-5H3/t13-/m1/s1. The summed E-state index contributed by atoms with van der Waals surface area (Å²) in [6, 6.07) is 10.3. The molecule has 1 atom stereocenters. The van der Waals surface area contributed by atoms with E-state index in [0.717, 1.165) is 39.7 Å². The highest BCUT2D eigenvalue weighted by Gasteiger charge is 2.21. The van der Waals surface area contributed by atoms with Gasteiger partial charge < -0.3 is 5.32 Å². The van der Waals surface area contributed by atoms with Gasteiger partial charge in [-0.1, -0.05) is 51.4 Å². The molecule has 25 heavy (non-hydrogen) atoms. The maximum atomic E-state index is 6.03. The van der Waals surface area contributed by atoms with Crippen molar-refractivity contribution in [3.8, 4) is 11.1 Å². The number of halogens is 1. The Bertz CT molecular complexity index is 875. The van der Waals surface area contributed by atoms with E-state index in [1.54, 1.807) is 0 Å². The van der Waals surface area contributed by atoms with Crippen molar-refractivity contribution in [2.45, 2.75) is 52.5 Å². The fourth-order valence-corrected chi connectivity index (χ4v) is 2.76. The molecule has 0 unspecified atom stereocenters. The first-order valence-electron chi connectivity index (χ1n) is 8.71. The zero-order valence-corrected chi connectivity index (χ0v) is 16.2. The summed E-state index contributed by atoms with van der Waals surface area (Å²) in [7, 11) is 0. The number of hydrogen-bond donors (Lipinski definition) is 1. The van der Waals surface area contributed by atoms with E-state index in [4.69, 9.17) is 16.6 Å². The van der Waals surface area contributed by atoms with Crippen LogP contribution in [0.5, 0.6) is 0 Å². The average Bonchev–Trinajstić information content (AvgIpc) is 2.99. The molecule has 0 saturated carbocycles. The van der Waals surface area contributed by atoms with Crippen molar-refractivity contribution < 1.29 is 0 Å². The van der Waals surface area contributed by atoms with Crippen LogP contribution in [0.4, 0.5) is 5.82 Å². The van der Waals surface area contributed by atoms with Crippen LogP contribution in [0, 0.1) is 0 Å². The van der Waals surface area contributed by atoms with Crippen LogP contribution < -0.4 is 5.32 Å². The summed E-state index contributed by atoms with van der Waals surface area (Å²) in [5.41, 5.74) is 3.93. The molecule has 0 aliphatic heterocycles. The number of aromatic nitrogens is 3. The van der Waals surface area contributed by atoms with Gasteiger partial charge in [0, 0.05) is 28.1 Å². The minimum absolute atomic E-state index is 0.0465. The van der Waals surface area contributed by atoms with E-state index in [0.29, 0.717) is 6.04 Å². The zero-order chi connectivity index (χ0) is 18.2. The van der Waals surface area contributed by atoms with Gasteiger partial charge in [-0.3, -0.25) is 0 Å². The average molecular weight is 357 g/mol. The van der Waals surface area contributed by atoms with Gasteiger partial charge in [-0.2, -0.15) is 9.61 Å². The van der Waals surface area contributed by atoms with Crippen LogP contribution in [-0.2, 0) is 5.41 Å². The largest absolute Gasteiger partial charge is 0.367 e. The summed E-state index contributed by atoms with van der Waals surface area (Å²) in [5.74, 6) is 0.976. The molecular formula is C20H25ClN4. The topological polar surface area (TPSA) is 42.2 Å². The molecule has 1 N–H and O–H groups in total. The highest BCUT2D eigenvalue weighted by atomic mass is 35.5. The predicted octanol–water partition coefficient (Wildman–Crippen LogP) is 5.56. The second-order valence-corrected chi connectivity index (χ2v) is 7.97. The Morgan fingerprint density at radius 2 is 1.88 bits per heavy atom. The van der Waals surface area contributed by atoms with Crippen LogP contribution in [0.3, 0.4) is 0 Å². The molecule has 0 saturated heterocycles. The third kappa shape index (κ3) is 3.64. The van der Waals surface area contributed by atoms with Crippen LogP contribution in [0.1, 0.15) is 46.7 Å². The number of nitrogens with one attached hydrogen (secondary N) is 1. The van der Waals surface area contributed by atoms with E-state index in [9.17, 15) is 0 Å². The van der Waals surface area contributed by atoms with Gasteiger partial charge in [0.1, 0.15) is 5.82 Å². The summed E-state index contributed by atoms with van der Waals surface area (Å²) in [6.07, 6.45) is 2.92. The molecule has 0 fully saturated rings. The molecule has 0 spiro atoms. The third-order valence-electron chi connectivity index (χ3n) is 4.40. The van der Waals surface area contributed by atoms with Crippen LogP contribution in [-0.4, -0.2) is 20.6 Å². The number of anilines is 1. The number of hydrogen-bond acceptors (Lipinski definition) is 3. The van der Waals surface area contributed by atoms with Gasteiger partial charge in [0.05, 0.1) is 11.9 Å². The number of rotatable bonds is 4. The van der Waals surface area contributed by atoms with Crippen molar-refractivity contribution in [2.24, 2.45) is 0 Å². The molecule has 5 heteroatoms. The van der Waals surface area contributed by atoms with Crippen LogP contribution in [0.15, 0.2) is 36.5 Å².